The number of carbonyl (C=O) groups excluding carboxylic acids is 1. The summed E-state index contributed by atoms with van der Waals surface area (Å²) >= 11 is 0. The minimum absolute atomic E-state index is 0.0402. The first-order valence-corrected chi connectivity index (χ1v) is 6.96. The van der Waals surface area contributed by atoms with E-state index in [1.807, 2.05) is 31.2 Å². The van der Waals surface area contributed by atoms with Crippen LogP contribution in [0.15, 0.2) is 54.7 Å². The van der Waals surface area contributed by atoms with Crippen LogP contribution in [0.4, 0.5) is 5.69 Å². The van der Waals surface area contributed by atoms with Gasteiger partial charge in [-0.3, -0.25) is 4.79 Å². The van der Waals surface area contributed by atoms with E-state index in [1.54, 1.807) is 24.4 Å². The molecule has 2 rings (SSSR count). The smallest absolute Gasteiger partial charge is 0.187 e. The number of allylic oxidation sites excluding steroid dienone is 1. The summed E-state index contributed by atoms with van der Waals surface area (Å²) in [7, 11) is 0. The third-order valence-electron chi connectivity index (χ3n) is 3.33. The van der Waals surface area contributed by atoms with Crippen molar-refractivity contribution in [3.63, 3.8) is 0 Å². The average Bonchev–Trinajstić information content (AvgIpc) is 2.49. The number of rotatable bonds is 5. The molecule has 0 radical (unpaired) electrons. The average molecular weight is 281 g/mol. The molecule has 0 saturated carbocycles. The van der Waals surface area contributed by atoms with Crippen LogP contribution in [0.2, 0.25) is 0 Å². The minimum atomic E-state index is -0.0402. The first-order valence-electron chi connectivity index (χ1n) is 6.96. The third-order valence-corrected chi connectivity index (χ3v) is 3.33. The lowest BCUT2D eigenvalue weighted by Gasteiger charge is -2.05. The summed E-state index contributed by atoms with van der Waals surface area (Å²) in [6.07, 6.45) is 4.09. The van der Waals surface area contributed by atoms with Gasteiger partial charge in [0.15, 0.2) is 5.78 Å². The van der Waals surface area contributed by atoms with Gasteiger partial charge in [-0.25, -0.2) is 0 Å². The van der Waals surface area contributed by atoms with Crippen LogP contribution in [-0.2, 0) is 6.42 Å². The van der Waals surface area contributed by atoms with Crippen molar-refractivity contribution in [2.24, 2.45) is 0 Å². The third kappa shape index (κ3) is 3.96. The predicted molar refractivity (Wildman–Crippen MR) is 85.8 cm³/mol. The van der Waals surface area contributed by atoms with Crippen LogP contribution >= 0.6 is 0 Å². The number of phenols is 1. The number of nitrogens with one attached hydrogen (secondary N) is 1. The Bertz CT molecular complexity index is 657. The molecule has 0 aliphatic rings. The maximum atomic E-state index is 12.0. The second-order valence-electron chi connectivity index (χ2n) is 4.89. The molecule has 0 aliphatic carbocycles. The number of ketones is 1. The number of carbonyl (C=O) groups is 1. The van der Waals surface area contributed by atoms with Crippen LogP contribution in [0, 0.1) is 6.92 Å². The number of aryl methyl sites for hydroxylation is 2. The van der Waals surface area contributed by atoms with Crippen molar-refractivity contribution in [1.82, 2.24) is 0 Å². The van der Waals surface area contributed by atoms with E-state index in [2.05, 4.69) is 12.2 Å². The molecule has 0 unspecified atom stereocenters. The number of hydrogen-bond acceptors (Lipinski definition) is 3. The number of phenolic OH excluding ortho intramolecular Hbond substituents is 1. The SMILES string of the molecule is CCc1ccc(C(=O)/C=C/Nc2ccc(O)cc2C)cc1. The van der Waals surface area contributed by atoms with Crippen molar-refractivity contribution < 1.29 is 9.90 Å². The topological polar surface area (TPSA) is 49.3 Å². The van der Waals surface area contributed by atoms with Gasteiger partial charge in [0.2, 0.25) is 0 Å². The number of benzene rings is 2. The summed E-state index contributed by atoms with van der Waals surface area (Å²) in [6.45, 7) is 3.97. The second-order valence-corrected chi connectivity index (χ2v) is 4.89. The quantitative estimate of drug-likeness (QED) is 0.493. The van der Waals surface area contributed by atoms with E-state index in [1.165, 1.54) is 11.6 Å². The largest absolute Gasteiger partial charge is 0.508 e. The monoisotopic (exact) mass is 281 g/mol. The molecule has 21 heavy (non-hydrogen) atoms. The van der Waals surface area contributed by atoms with Gasteiger partial charge in [0.1, 0.15) is 5.75 Å². The van der Waals surface area contributed by atoms with Gasteiger partial charge in [-0.2, -0.15) is 0 Å². The van der Waals surface area contributed by atoms with Crippen molar-refractivity contribution in [1.29, 1.82) is 0 Å². The molecule has 0 fully saturated rings. The first kappa shape index (κ1) is 14.9. The predicted octanol–water partition coefficient (Wildman–Crippen LogP) is 4.07. The molecule has 3 heteroatoms. The van der Waals surface area contributed by atoms with Crippen LogP contribution in [0.3, 0.4) is 0 Å². The Hall–Kier alpha value is -2.55. The van der Waals surface area contributed by atoms with Crippen LogP contribution < -0.4 is 5.32 Å². The summed E-state index contributed by atoms with van der Waals surface area (Å²) < 4.78 is 0. The van der Waals surface area contributed by atoms with Gasteiger partial charge < -0.3 is 10.4 Å². The lowest BCUT2D eigenvalue weighted by atomic mass is 10.1. The normalized spacial score (nSPS) is 10.8. The van der Waals surface area contributed by atoms with Gasteiger partial charge in [0.05, 0.1) is 0 Å². The Morgan fingerprint density at radius 1 is 1.19 bits per heavy atom. The summed E-state index contributed by atoms with van der Waals surface area (Å²) in [5.41, 5.74) is 3.67. The molecule has 2 aromatic carbocycles. The van der Waals surface area contributed by atoms with E-state index in [0.29, 0.717) is 5.56 Å². The molecule has 0 atom stereocenters. The Balaban J connectivity index is 2.01. The zero-order chi connectivity index (χ0) is 15.2. The molecule has 0 bridgehead atoms. The van der Waals surface area contributed by atoms with Gasteiger partial charge in [-0.15, -0.1) is 0 Å². The zero-order valence-corrected chi connectivity index (χ0v) is 12.3. The Morgan fingerprint density at radius 3 is 2.52 bits per heavy atom. The molecular weight excluding hydrogens is 262 g/mol. The fraction of sp³-hybridized carbons (Fsp3) is 0.167. The number of anilines is 1. The Morgan fingerprint density at radius 2 is 1.90 bits per heavy atom. The van der Waals surface area contributed by atoms with Gasteiger partial charge in [-0.05, 0) is 42.7 Å². The number of hydrogen-bond donors (Lipinski definition) is 2. The molecule has 2 aromatic rings. The van der Waals surface area contributed by atoms with Gasteiger partial charge in [0.25, 0.3) is 0 Å². The molecule has 108 valence electrons. The van der Waals surface area contributed by atoms with Crippen molar-refractivity contribution >= 4 is 11.5 Å². The van der Waals surface area contributed by atoms with Gasteiger partial charge >= 0.3 is 0 Å². The van der Waals surface area contributed by atoms with Crippen molar-refractivity contribution in [3.05, 3.63) is 71.4 Å². The molecule has 0 heterocycles. The van der Waals surface area contributed by atoms with E-state index >= 15 is 0 Å². The fourth-order valence-corrected chi connectivity index (χ4v) is 2.02. The van der Waals surface area contributed by atoms with E-state index in [9.17, 15) is 9.90 Å². The lowest BCUT2D eigenvalue weighted by Crippen LogP contribution is -1.97. The highest BCUT2D eigenvalue weighted by molar-refractivity contribution is 6.04. The fourth-order valence-electron chi connectivity index (χ4n) is 2.02. The highest BCUT2D eigenvalue weighted by atomic mass is 16.3. The first-order chi connectivity index (χ1) is 10.1. The zero-order valence-electron chi connectivity index (χ0n) is 12.3. The maximum Gasteiger partial charge on any atom is 0.187 e. The van der Waals surface area contributed by atoms with E-state index in [4.69, 9.17) is 0 Å². The molecule has 0 aromatic heterocycles. The van der Waals surface area contributed by atoms with Crippen molar-refractivity contribution in [3.8, 4) is 5.75 Å². The molecule has 3 nitrogen and oxygen atoms in total. The van der Waals surface area contributed by atoms with Crippen molar-refractivity contribution in [2.75, 3.05) is 5.32 Å². The highest BCUT2D eigenvalue weighted by Crippen LogP contribution is 2.20. The molecule has 0 spiro atoms. The summed E-state index contributed by atoms with van der Waals surface area (Å²) in [6, 6.07) is 12.7. The van der Waals surface area contributed by atoms with Crippen LogP contribution in [0.1, 0.15) is 28.4 Å². The Kier molecular flexibility index (Phi) is 4.77. The highest BCUT2D eigenvalue weighted by Gasteiger charge is 2.01. The second kappa shape index (κ2) is 6.75. The van der Waals surface area contributed by atoms with Gasteiger partial charge in [0, 0.05) is 23.5 Å². The standard InChI is InChI=1S/C18H19NO2/c1-3-14-4-6-15(7-5-14)18(21)10-11-19-17-9-8-16(20)12-13(17)2/h4-12,19-20H,3H2,1-2H3/b11-10+. The lowest BCUT2D eigenvalue weighted by molar-refractivity contribution is 0.104. The van der Waals surface area contributed by atoms with E-state index in [0.717, 1.165) is 17.7 Å². The molecule has 0 amide bonds. The van der Waals surface area contributed by atoms with Crippen LogP contribution in [0.5, 0.6) is 5.75 Å². The van der Waals surface area contributed by atoms with E-state index in [-0.39, 0.29) is 11.5 Å². The molecular formula is C18H19NO2. The summed E-state index contributed by atoms with van der Waals surface area (Å²) in [4.78, 5) is 12.0. The van der Waals surface area contributed by atoms with E-state index < -0.39 is 0 Å². The summed E-state index contributed by atoms with van der Waals surface area (Å²) in [5, 5.41) is 12.4. The summed E-state index contributed by atoms with van der Waals surface area (Å²) in [5.74, 6) is 0.190. The number of aromatic hydroxyl groups is 1. The van der Waals surface area contributed by atoms with Gasteiger partial charge in [-0.1, -0.05) is 31.2 Å². The van der Waals surface area contributed by atoms with Crippen LogP contribution in [-0.4, -0.2) is 10.9 Å². The van der Waals surface area contributed by atoms with Crippen molar-refractivity contribution in [2.45, 2.75) is 20.3 Å². The molecule has 0 aliphatic heterocycles. The maximum absolute atomic E-state index is 12.0. The minimum Gasteiger partial charge on any atom is -0.508 e. The molecule has 2 N–H and O–H groups in total. The Labute approximate surface area is 124 Å². The molecule has 0 saturated heterocycles. The van der Waals surface area contributed by atoms with Crippen LogP contribution in [0.25, 0.3) is 0 Å².